The van der Waals surface area contributed by atoms with Crippen LogP contribution in [0.4, 0.5) is 4.79 Å². The van der Waals surface area contributed by atoms with E-state index in [1.165, 1.54) is 6.20 Å². The maximum Gasteiger partial charge on any atom is 0.410 e. The van der Waals surface area contributed by atoms with E-state index < -0.39 is 11.5 Å². The standard InChI is InChI=1S/C19H30N4O4/c1-19(2,3)27-18(25)23-8-6-15(7-9-23)21-12-14(11-20)17(24)22-13-16-5-4-10-26-16/h12,15-16,21H,4-10,13H2,1-3H3,(H,22,24)/b14-12-. The number of ether oxygens (including phenoxy) is 2. The number of nitrogens with one attached hydrogen (secondary N) is 2. The molecule has 0 aromatic rings. The fraction of sp³-hybridized carbons (Fsp3) is 0.737. The molecule has 2 fully saturated rings. The summed E-state index contributed by atoms with van der Waals surface area (Å²) in [6.45, 7) is 7.84. The molecule has 0 aliphatic carbocycles. The SMILES string of the molecule is CC(C)(C)OC(=O)N1CCC(N/C=C(/C#N)C(=O)NCC2CCCO2)CC1. The van der Waals surface area contributed by atoms with Gasteiger partial charge in [0.1, 0.15) is 17.2 Å². The van der Waals surface area contributed by atoms with Gasteiger partial charge in [-0.1, -0.05) is 0 Å². The Morgan fingerprint density at radius 3 is 2.56 bits per heavy atom. The zero-order valence-corrected chi connectivity index (χ0v) is 16.4. The lowest BCUT2D eigenvalue weighted by atomic mass is 10.1. The maximum absolute atomic E-state index is 12.1. The Labute approximate surface area is 160 Å². The van der Waals surface area contributed by atoms with Crippen molar-refractivity contribution in [2.75, 3.05) is 26.2 Å². The highest BCUT2D eigenvalue weighted by Gasteiger charge is 2.26. The quantitative estimate of drug-likeness (QED) is 0.557. The van der Waals surface area contributed by atoms with Crippen molar-refractivity contribution >= 4 is 12.0 Å². The highest BCUT2D eigenvalue weighted by molar-refractivity contribution is 5.97. The summed E-state index contributed by atoms with van der Waals surface area (Å²) in [6, 6.07) is 2.04. The van der Waals surface area contributed by atoms with Crippen molar-refractivity contribution in [2.45, 2.75) is 64.2 Å². The number of nitriles is 1. The Balaban J connectivity index is 1.75. The summed E-state index contributed by atoms with van der Waals surface area (Å²) in [7, 11) is 0. The normalized spacial score (nSPS) is 21.5. The lowest BCUT2D eigenvalue weighted by molar-refractivity contribution is -0.117. The van der Waals surface area contributed by atoms with Crippen LogP contribution >= 0.6 is 0 Å². The summed E-state index contributed by atoms with van der Waals surface area (Å²) in [6.07, 6.45) is 4.60. The maximum atomic E-state index is 12.1. The number of piperidine rings is 1. The molecule has 1 unspecified atom stereocenters. The number of hydrogen-bond acceptors (Lipinski definition) is 6. The Kier molecular flexibility index (Phi) is 7.48. The Morgan fingerprint density at radius 2 is 2.00 bits per heavy atom. The van der Waals surface area contributed by atoms with Crippen LogP contribution < -0.4 is 10.6 Å². The van der Waals surface area contributed by atoms with Gasteiger partial charge in [0.2, 0.25) is 0 Å². The fourth-order valence-corrected chi connectivity index (χ4v) is 3.01. The first-order valence-electron chi connectivity index (χ1n) is 9.52. The molecule has 27 heavy (non-hydrogen) atoms. The molecular formula is C19H30N4O4. The minimum Gasteiger partial charge on any atom is -0.444 e. The molecule has 2 saturated heterocycles. The fourth-order valence-electron chi connectivity index (χ4n) is 3.01. The average Bonchev–Trinajstić information content (AvgIpc) is 3.13. The van der Waals surface area contributed by atoms with Gasteiger partial charge in [0, 0.05) is 38.5 Å². The Hall–Kier alpha value is -2.27. The number of carbonyl (C=O) groups excluding carboxylic acids is 2. The average molecular weight is 378 g/mol. The van der Waals surface area contributed by atoms with E-state index in [9.17, 15) is 14.9 Å². The van der Waals surface area contributed by atoms with E-state index >= 15 is 0 Å². The van der Waals surface area contributed by atoms with Crippen LogP contribution in [0.3, 0.4) is 0 Å². The van der Waals surface area contributed by atoms with Crippen molar-refractivity contribution in [3.8, 4) is 6.07 Å². The molecule has 2 rings (SSSR count). The minimum absolute atomic E-state index is 0.0408. The van der Waals surface area contributed by atoms with Gasteiger partial charge in [-0.3, -0.25) is 4.79 Å². The number of likely N-dealkylation sites (tertiary alicyclic amines) is 1. The first kappa shape index (κ1) is 21.0. The van der Waals surface area contributed by atoms with E-state index in [-0.39, 0.29) is 23.8 Å². The highest BCUT2D eigenvalue weighted by Crippen LogP contribution is 2.15. The third kappa shape index (κ3) is 7.10. The van der Waals surface area contributed by atoms with Crippen LogP contribution in [0.15, 0.2) is 11.8 Å². The molecule has 2 N–H and O–H groups in total. The molecule has 150 valence electrons. The summed E-state index contributed by atoms with van der Waals surface area (Å²) in [5.41, 5.74) is -0.462. The predicted octanol–water partition coefficient (Wildman–Crippen LogP) is 1.68. The summed E-state index contributed by atoms with van der Waals surface area (Å²) in [5.74, 6) is -0.397. The molecule has 0 aromatic carbocycles. The van der Waals surface area contributed by atoms with Gasteiger partial charge in [-0.25, -0.2) is 4.79 Å². The van der Waals surface area contributed by atoms with Gasteiger partial charge < -0.3 is 25.0 Å². The van der Waals surface area contributed by atoms with Crippen molar-refractivity contribution in [1.29, 1.82) is 5.26 Å². The molecule has 0 saturated carbocycles. The number of amides is 2. The van der Waals surface area contributed by atoms with Crippen LogP contribution in [0.5, 0.6) is 0 Å². The number of hydrogen-bond donors (Lipinski definition) is 2. The van der Waals surface area contributed by atoms with Gasteiger partial charge in [-0.2, -0.15) is 5.26 Å². The van der Waals surface area contributed by atoms with Crippen LogP contribution in [0.1, 0.15) is 46.5 Å². The molecule has 2 aliphatic heterocycles. The van der Waals surface area contributed by atoms with Crippen molar-refractivity contribution in [2.24, 2.45) is 0 Å². The van der Waals surface area contributed by atoms with E-state index in [1.54, 1.807) is 4.90 Å². The summed E-state index contributed by atoms with van der Waals surface area (Å²) < 4.78 is 10.8. The van der Waals surface area contributed by atoms with Crippen molar-refractivity contribution in [3.63, 3.8) is 0 Å². The largest absolute Gasteiger partial charge is 0.444 e. The van der Waals surface area contributed by atoms with Crippen molar-refractivity contribution < 1.29 is 19.1 Å². The highest BCUT2D eigenvalue weighted by atomic mass is 16.6. The van der Waals surface area contributed by atoms with Gasteiger partial charge in [0.05, 0.1) is 6.10 Å². The first-order valence-corrected chi connectivity index (χ1v) is 9.52. The molecule has 8 nitrogen and oxygen atoms in total. The van der Waals surface area contributed by atoms with Crippen molar-refractivity contribution in [1.82, 2.24) is 15.5 Å². The third-order valence-electron chi connectivity index (χ3n) is 4.49. The smallest absolute Gasteiger partial charge is 0.410 e. The second-order valence-electron chi connectivity index (χ2n) is 7.92. The second kappa shape index (κ2) is 9.60. The number of nitrogens with zero attached hydrogens (tertiary/aromatic N) is 2. The van der Waals surface area contributed by atoms with Crippen LogP contribution in [-0.2, 0) is 14.3 Å². The zero-order chi connectivity index (χ0) is 19.9. The van der Waals surface area contributed by atoms with E-state index in [1.807, 2.05) is 26.8 Å². The first-order chi connectivity index (χ1) is 12.8. The third-order valence-corrected chi connectivity index (χ3v) is 4.49. The van der Waals surface area contributed by atoms with Gasteiger partial charge in [-0.05, 0) is 46.5 Å². The molecular weight excluding hydrogens is 348 g/mol. The van der Waals surface area contributed by atoms with Crippen LogP contribution in [0, 0.1) is 11.3 Å². The van der Waals surface area contributed by atoms with E-state index in [4.69, 9.17) is 9.47 Å². The van der Waals surface area contributed by atoms with E-state index in [2.05, 4.69) is 10.6 Å². The van der Waals surface area contributed by atoms with Crippen LogP contribution in [0.25, 0.3) is 0 Å². The molecule has 0 aromatic heterocycles. The van der Waals surface area contributed by atoms with Crippen LogP contribution in [0.2, 0.25) is 0 Å². The lowest BCUT2D eigenvalue weighted by Gasteiger charge is -2.33. The molecule has 2 aliphatic rings. The summed E-state index contributed by atoms with van der Waals surface area (Å²) >= 11 is 0. The van der Waals surface area contributed by atoms with Gasteiger partial charge in [-0.15, -0.1) is 0 Å². The molecule has 8 heteroatoms. The second-order valence-corrected chi connectivity index (χ2v) is 7.92. The molecule has 1 atom stereocenters. The van der Waals surface area contributed by atoms with Crippen molar-refractivity contribution in [3.05, 3.63) is 11.8 Å². The monoisotopic (exact) mass is 378 g/mol. The predicted molar refractivity (Wildman–Crippen MR) is 99.6 cm³/mol. The van der Waals surface area contributed by atoms with Gasteiger partial charge in [0.25, 0.3) is 5.91 Å². The molecule has 0 bridgehead atoms. The topological polar surface area (TPSA) is 104 Å². The Bertz CT molecular complexity index is 592. The van der Waals surface area contributed by atoms with Crippen LogP contribution in [-0.4, -0.2) is 60.9 Å². The summed E-state index contributed by atoms with van der Waals surface area (Å²) in [4.78, 5) is 25.9. The zero-order valence-electron chi connectivity index (χ0n) is 16.4. The molecule has 2 heterocycles. The molecule has 2 amide bonds. The van der Waals surface area contributed by atoms with Gasteiger partial charge in [0.15, 0.2) is 0 Å². The van der Waals surface area contributed by atoms with E-state index in [0.717, 1.165) is 32.3 Å². The molecule has 0 radical (unpaired) electrons. The number of rotatable bonds is 5. The number of carbonyl (C=O) groups is 2. The molecule has 0 spiro atoms. The Morgan fingerprint density at radius 1 is 1.30 bits per heavy atom. The summed E-state index contributed by atoms with van der Waals surface area (Å²) in [5, 5.41) is 15.1. The lowest BCUT2D eigenvalue weighted by Crippen LogP contribution is -2.45. The van der Waals surface area contributed by atoms with Gasteiger partial charge >= 0.3 is 6.09 Å². The van der Waals surface area contributed by atoms with E-state index in [0.29, 0.717) is 19.6 Å². The minimum atomic E-state index is -0.506.